The maximum Gasteiger partial charge on any atom is 0.339 e. The zero-order chi connectivity index (χ0) is 22.9. The standard InChI is InChI=1S/C25H26N2O5/c1-3-9-19(10-7-8-17-32-21-11-5-4-6-12-21)26-15-16-27(25(26)30)20-13-14-22(24(28)29)23(18-20)31-2/h3-9,11-14,18H,1,10,15-17H2,2H3,(H,28,29)/b8-7-,19-9+. The van der Waals surface area contributed by atoms with Crippen LogP contribution >= 0.6 is 0 Å². The van der Waals surface area contributed by atoms with Crippen LogP contribution in [0.2, 0.25) is 0 Å². The fourth-order valence-electron chi connectivity index (χ4n) is 3.40. The number of urea groups is 1. The SMILES string of the molecule is C=C/C=C(\C/C=C\COc1ccccc1)N1CCN(c2ccc(C(=O)O)c(OC)c2)C1=O. The van der Waals surface area contributed by atoms with Crippen molar-refractivity contribution in [2.45, 2.75) is 6.42 Å². The number of carbonyl (C=O) groups excluding carboxylic acids is 1. The summed E-state index contributed by atoms with van der Waals surface area (Å²) >= 11 is 0. The van der Waals surface area contributed by atoms with Crippen LogP contribution in [0.3, 0.4) is 0 Å². The van der Waals surface area contributed by atoms with Crippen molar-refractivity contribution in [1.29, 1.82) is 0 Å². The Kier molecular flexibility index (Phi) is 7.70. The van der Waals surface area contributed by atoms with E-state index in [1.54, 1.807) is 28.0 Å². The number of carboxylic acid groups (broad SMARTS) is 1. The Balaban J connectivity index is 1.65. The number of amides is 2. The van der Waals surface area contributed by atoms with Crippen molar-refractivity contribution >= 4 is 17.7 Å². The molecule has 0 aliphatic carbocycles. The lowest BCUT2D eigenvalue weighted by Gasteiger charge is -2.21. The number of para-hydroxylation sites is 1. The van der Waals surface area contributed by atoms with Gasteiger partial charge >= 0.3 is 12.0 Å². The topological polar surface area (TPSA) is 79.3 Å². The fraction of sp³-hybridized carbons (Fsp3) is 0.200. The van der Waals surface area contributed by atoms with Crippen molar-refractivity contribution in [3.05, 3.63) is 90.7 Å². The summed E-state index contributed by atoms with van der Waals surface area (Å²) in [6.45, 7) is 5.18. The molecule has 0 atom stereocenters. The number of allylic oxidation sites excluding steroid dienone is 3. The molecular weight excluding hydrogens is 408 g/mol. The number of methoxy groups -OCH3 is 1. The van der Waals surface area contributed by atoms with Crippen LogP contribution in [0, 0.1) is 0 Å². The van der Waals surface area contributed by atoms with Gasteiger partial charge in [-0.15, -0.1) is 0 Å². The maximum atomic E-state index is 13.1. The number of ether oxygens (including phenoxy) is 2. The molecule has 0 bridgehead atoms. The second-order valence-electron chi connectivity index (χ2n) is 6.97. The normalized spacial score (nSPS) is 14.2. The number of benzene rings is 2. The molecule has 166 valence electrons. The van der Waals surface area contributed by atoms with Crippen LogP contribution < -0.4 is 14.4 Å². The van der Waals surface area contributed by atoms with Crippen LogP contribution in [-0.4, -0.2) is 48.8 Å². The van der Waals surface area contributed by atoms with Gasteiger partial charge in [-0.05, 0) is 30.3 Å². The predicted molar refractivity (Wildman–Crippen MR) is 123 cm³/mol. The minimum absolute atomic E-state index is 0.0508. The number of carboxylic acids is 1. The fourth-order valence-corrected chi connectivity index (χ4v) is 3.40. The van der Waals surface area contributed by atoms with Gasteiger partial charge in [0.1, 0.15) is 23.7 Å². The molecule has 1 N–H and O–H groups in total. The molecular formula is C25H26N2O5. The molecule has 0 spiro atoms. The average Bonchev–Trinajstić information content (AvgIpc) is 3.19. The average molecular weight is 434 g/mol. The number of rotatable bonds is 10. The predicted octanol–water partition coefficient (Wildman–Crippen LogP) is 4.73. The second-order valence-corrected chi connectivity index (χ2v) is 6.97. The summed E-state index contributed by atoms with van der Waals surface area (Å²) in [6.07, 6.45) is 7.89. The highest BCUT2D eigenvalue weighted by molar-refractivity contribution is 5.97. The Morgan fingerprint density at radius 2 is 1.94 bits per heavy atom. The minimum Gasteiger partial charge on any atom is -0.496 e. The highest BCUT2D eigenvalue weighted by Crippen LogP contribution is 2.29. The number of carbonyl (C=O) groups is 2. The Labute approximate surface area is 187 Å². The van der Waals surface area contributed by atoms with Crippen molar-refractivity contribution in [1.82, 2.24) is 4.90 Å². The van der Waals surface area contributed by atoms with Gasteiger partial charge < -0.3 is 14.6 Å². The number of anilines is 1. The smallest absolute Gasteiger partial charge is 0.339 e. The molecule has 2 amide bonds. The lowest BCUT2D eigenvalue weighted by atomic mass is 10.1. The molecule has 2 aromatic carbocycles. The summed E-state index contributed by atoms with van der Waals surface area (Å²) < 4.78 is 10.8. The molecule has 7 heteroatoms. The van der Waals surface area contributed by atoms with Gasteiger partial charge in [0, 0.05) is 37.0 Å². The van der Waals surface area contributed by atoms with Crippen molar-refractivity contribution in [2.24, 2.45) is 0 Å². The molecule has 1 aliphatic heterocycles. The summed E-state index contributed by atoms with van der Waals surface area (Å²) in [5.41, 5.74) is 1.46. The van der Waals surface area contributed by atoms with E-state index in [9.17, 15) is 14.7 Å². The highest BCUT2D eigenvalue weighted by atomic mass is 16.5. The number of hydrogen-bond donors (Lipinski definition) is 1. The van der Waals surface area contributed by atoms with E-state index in [0.717, 1.165) is 11.4 Å². The first-order chi connectivity index (χ1) is 15.5. The second kappa shape index (κ2) is 10.9. The molecule has 1 heterocycles. The Hall–Kier alpha value is -4.00. The molecule has 0 radical (unpaired) electrons. The molecule has 7 nitrogen and oxygen atoms in total. The van der Waals surface area contributed by atoms with Gasteiger partial charge in [0.05, 0.1) is 7.11 Å². The van der Waals surface area contributed by atoms with Crippen molar-refractivity contribution in [2.75, 3.05) is 31.7 Å². The summed E-state index contributed by atoms with van der Waals surface area (Å²) in [5, 5.41) is 9.26. The molecule has 2 aromatic rings. The van der Waals surface area contributed by atoms with Gasteiger partial charge in [-0.25, -0.2) is 9.59 Å². The van der Waals surface area contributed by atoms with Gasteiger partial charge in [0.25, 0.3) is 0 Å². The summed E-state index contributed by atoms with van der Waals surface area (Å²) in [5.74, 6) is -0.0693. The van der Waals surface area contributed by atoms with Gasteiger partial charge in [-0.1, -0.05) is 43.0 Å². The van der Waals surface area contributed by atoms with E-state index < -0.39 is 5.97 Å². The largest absolute Gasteiger partial charge is 0.496 e. The van der Waals surface area contributed by atoms with Gasteiger partial charge in [0.15, 0.2) is 0 Å². The van der Waals surface area contributed by atoms with Crippen molar-refractivity contribution in [3.8, 4) is 11.5 Å². The van der Waals surface area contributed by atoms with Gasteiger partial charge in [0.2, 0.25) is 0 Å². The summed E-state index contributed by atoms with van der Waals surface area (Å²) in [6, 6.07) is 14.0. The maximum absolute atomic E-state index is 13.1. The number of aromatic carboxylic acids is 1. The number of nitrogens with zero attached hydrogens (tertiary/aromatic N) is 2. The third-order valence-corrected chi connectivity index (χ3v) is 4.98. The molecule has 1 aliphatic rings. The minimum atomic E-state index is -1.08. The number of hydrogen-bond acceptors (Lipinski definition) is 4. The van der Waals surface area contributed by atoms with Crippen molar-refractivity contribution in [3.63, 3.8) is 0 Å². The first-order valence-electron chi connectivity index (χ1n) is 10.2. The van der Waals surface area contributed by atoms with Crippen LogP contribution in [0.25, 0.3) is 0 Å². The molecule has 32 heavy (non-hydrogen) atoms. The monoisotopic (exact) mass is 434 g/mol. The van der Waals surface area contributed by atoms with E-state index in [2.05, 4.69) is 6.58 Å². The lowest BCUT2D eigenvalue weighted by Crippen LogP contribution is -2.31. The van der Waals surface area contributed by atoms with Crippen LogP contribution in [0.5, 0.6) is 11.5 Å². The van der Waals surface area contributed by atoms with Gasteiger partial charge in [-0.3, -0.25) is 9.80 Å². The summed E-state index contributed by atoms with van der Waals surface area (Å²) in [7, 11) is 1.41. The molecule has 0 unspecified atom stereocenters. The Morgan fingerprint density at radius 3 is 2.62 bits per heavy atom. The van der Waals surface area contributed by atoms with Crippen LogP contribution in [0.1, 0.15) is 16.8 Å². The van der Waals surface area contributed by atoms with E-state index in [1.807, 2.05) is 48.6 Å². The van der Waals surface area contributed by atoms with E-state index in [1.165, 1.54) is 13.2 Å². The van der Waals surface area contributed by atoms with Crippen LogP contribution in [-0.2, 0) is 0 Å². The lowest BCUT2D eigenvalue weighted by molar-refractivity contribution is 0.0693. The van der Waals surface area contributed by atoms with Gasteiger partial charge in [-0.2, -0.15) is 0 Å². The van der Waals surface area contributed by atoms with Crippen LogP contribution in [0.15, 0.2) is 85.1 Å². The first kappa shape index (κ1) is 22.7. The van der Waals surface area contributed by atoms with Crippen LogP contribution in [0.4, 0.5) is 10.5 Å². The third-order valence-electron chi connectivity index (χ3n) is 4.98. The molecule has 0 aromatic heterocycles. The first-order valence-corrected chi connectivity index (χ1v) is 10.2. The third kappa shape index (κ3) is 5.37. The quantitative estimate of drug-likeness (QED) is 0.432. The molecule has 3 rings (SSSR count). The van der Waals surface area contributed by atoms with E-state index in [0.29, 0.717) is 31.8 Å². The van der Waals surface area contributed by atoms with E-state index in [4.69, 9.17) is 9.47 Å². The molecule has 1 saturated heterocycles. The van der Waals surface area contributed by atoms with E-state index >= 15 is 0 Å². The Morgan fingerprint density at radius 1 is 1.16 bits per heavy atom. The Bertz CT molecular complexity index is 1030. The molecule has 1 fully saturated rings. The highest BCUT2D eigenvalue weighted by Gasteiger charge is 2.32. The zero-order valence-corrected chi connectivity index (χ0v) is 17.9. The zero-order valence-electron chi connectivity index (χ0n) is 17.9. The van der Waals surface area contributed by atoms with Crippen molar-refractivity contribution < 1.29 is 24.2 Å². The molecule has 0 saturated carbocycles. The van der Waals surface area contributed by atoms with E-state index in [-0.39, 0.29) is 17.3 Å². The summed E-state index contributed by atoms with van der Waals surface area (Å²) in [4.78, 5) is 27.7.